The minimum absolute atomic E-state index is 0. The minimum atomic E-state index is -0.387. The molecule has 0 radical (unpaired) electrons. The fourth-order valence-electron chi connectivity index (χ4n) is 2.22. The zero-order chi connectivity index (χ0) is 19.7. The first kappa shape index (κ1) is 23.9. The van der Waals surface area contributed by atoms with Gasteiger partial charge in [-0.05, 0) is 19.1 Å². The van der Waals surface area contributed by atoms with Crippen molar-refractivity contribution in [1.82, 2.24) is 20.9 Å². The second kappa shape index (κ2) is 11.7. The summed E-state index contributed by atoms with van der Waals surface area (Å²) in [6.45, 7) is 9.94. The van der Waals surface area contributed by atoms with Crippen LogP contribution in [0.2, 0.25) is 0 Å². The van der Waals surface area contributed by atoms with Gasteiger partial charge in [0, 0.05) is 30.6 Å². The lowest BCUT2D eigenvalue weighted by molar-refractivity contribution is -0.128. The van der Waals surface area contributed by atoms with Crippen molar-refractivity contribution in [2.75, 3.05) is 19.6 Å². The fraction of sp³-hybridized carbons (Fsp3) is 0.450. The van der Waals surface area contributed by atoms with E-state index in [0.29, 0.717) is 31.5 Å². The summed E-state index contributed by atoms with van der Waals surface area (Å²) in [5, 5.41) is 9.28. The van der Waals surface area contributed by atoms with Crippen LogP contribution in [0.4, 0.5) is 0 Å². The number of rotatable bonds is 7. The normalized spacial score (nSPS) is 11.5. The first-order chi connectivity index (χ1) is 12.9. The highest BCUT2D eigenvalue weighted by molar-refractivity contribution is 14.0. The Morgan fingerprint density at radius 3 is 2.43 bits per heavy atom. The lowest BCUT2D eigenvalue weighted by Gasteiger charge is -2.18. The number of oxazole rings is 1. The maximum Gasteiger partial charge on any atom is 0.226 e. The number of hydrogen-bond acceptors (Lipinski definition) is 4. The number of nitrogens with one attached hydrogen (secondary N) is 3. The van der Waals surface area contributed by atoms with Gasteiger partial charge in [-0.15, -0.1) is 24.0 Å². The molecule has 0 saturated heterocycles. The van der Waals surface area contributed by atoms with Gasteiger partial charge in [0.25, 0.3) is 0 Å². The molecule has 7 nitrogen and oxygen atoms in total. The molecule has 1 aromatic carbocycles. The Morgan fingerprint density at radius 2 is 1.79 bits per heavy atom. The van der Waals surface area contributed by atoms with E-state index in [1.165, 1.54) is 0 Å². The van der Waals surface area contributed by atoms with Crippen LogP contribution in [0.3, 0.4) is 0 Å². The van der Waals surface area contributed by atoms with Crippen LogP contribution in [-0.4, -0.2) is 36.5 Å². The SMILES string of the molecule is CCNC(=NCc1coc(-c2ccccc2)n1)NCCNC(=O)C(C)(C)C.I. The molecule has 1 heterocycles. The number of halogens is 1. The van der Waals surface area contributed by atoms with Gasteiger partial charge in [0.05, 0.1) is 6.54 Å². The first-order valence-electron chi connectivity index (χ1n) is 9.20. The molecule has 0 aliphatic heterocycles. The number of aromatic nitrogens is 1. The first-order valence-corrected chi connectivity index (χ1v) is 9.20. The monoisotopic (exact) mass is 499 g/mol. The Balaban J connectivity index is 0.00000392. The molecule has 0 saturated carbocycles. The quantitative estimate of drug-likeness (QED) is 0.236. The molecule has 2 rings (SSSR count). The van der Waals surface area contributed by atoms with Crippen molar-refractivity contribution in [2.24, 2.45) is 10.4 Å². The largest absolute Gasteiger partial charge is 0.444 e. The van der Waals surface area contributed by atoms with Crippen LogP contribution in [0.15, 0.2) is 46.0 Å². The summed E-state index contributed by atoms with van der Waals surface area (Å²) in [6.07, 6.45) is 1.62. The Morgan fingerprint density at radius 1 is 1.11 bits per heavy atom. The standard InChI is InChI=1S/C20H29N5O2.HI/c1-5-21-19(23-12-11-22-18(26)20(2,3)4)24-13-16-14-27-17(25-16)15-9-7-6-8-10-15;/h6-10,14H,5,11-13H2,1-4H3,(H,22,26)(H2,21,23,24);1H. The van der Waals surface area contributed by atoms with Gasteiger partial charge < -0.3 is 20.4 Å². The smallest absolute Gasteiger partial charge is 0.226 e. The third kappa shape index (κ3) is 7.87. The molecule has 2 aromatic rings. The number of benzene rings is 1. The number of amides is 1. The Labute approximate surface area is 183 Å². The summed E-state index contributed by atoms with van der Waals surface area (Å²) in [5.41, 5.74) is 1.31. The van der Waals surface area contributed by atoms with Crippen molar-refractivity contribution >= 4 is 35.8 Å². The zero-order valence-corrected chi connectivity index (χ0v) is 19.2. The van der Waals surface area contributed by atoms with E-state index >= 15 is 0 Å². The number of aliphatic imine (C=N–C) groups is 1. The second-order valence-corrected chi connectivity index (χ2v) is 7.14. The van der Waals surface area contributed by atoms with Gasteiger partial charge >= 0.3 is 0 Å². The molecule has 3 N–H and O–H groups in total. The minimum Gasteiger partial charge on any atom is -0.444 e. The topological polar surface area (TPSA) is 91.6 Å². The van der Waals surface area contributed by atoms with Crippen LogP contribution < -0.4 is 16.0 Å². The number of guanidine groups is 1. The van der Waals surface area contributed by atoms with E-state index in [9.17, 15) is 4.79 Å². The van der Waals surface area contributed by atoms with Gasteiger partial charge in [0.15, 0.2) is 5.96 Å². The summed E-state index contributed by atoms with van der Waals surface area (Å²) >= 11 is 0. The predicted molar refractivity (Wildman–Crippen MR) is 123 cm³/mol. The van der Waals surface area contributed by atoms with Crippen molar-refractivity contribution in [1.29, 1.82) is 0 Å². The number of hydrogen-bond donors (Lipinski definition) is 3. The summed E-state index contributed by atoms with van der Waals surface area (Å²) in [4.78, 5) is 20.8. The van der Waals surface area contributed by atoms with Gasteiger partial charge in [-0.2, -0.15) is 0 Å². The van der Waals surface area contributed by atoms with Crippen molar-refractivity contribution in [2.45, 2.75) is 34.2 Å². The van der Waals surface area contributed by atoms with Gasteiger partial charge in [-0.25, -0.2) is 9.98 Å². The molecular formula is C20H30IN5O2. The molecule has 0 spiro atoms. The number of carbonyl (C=O) groups excluding carboxylic acids is 1. The van der Waals surface area contributed by atoms with Crippen molar-refractivity contribution in [3.8, 4) is 11.5 Å². The van der Waals surface area contributed by atoms with Gasteiger partial charge in [0.1, 0.15) is 12.0 Å². The maximum atomic E-state index is 11.9. The molecule has 0 fully saturated rings. The van der Waals surface area contributed by atoms with E-state index in [1.807, 2.05) is 58.0 Å². The molecule has 0 bridgehead atoms. The van der Waals surface area contributed by atoms with Crippen molar-refractivity contribution in [3.63, 3.8) is 0 Å². The van der Waals surface area contributed by atoms with Gasteiger partial charge in [-0.1, -0.05) is 39.0 Å². The molecule has 154 valence electrons. The highest BCUT2D eigenvalue weighted by Gasteiger charge is 2.20. The predicted octanol–water partition coefficient (Wildman–Crippen LogP) is 3.18. The van der Waals surface area contributed by atoms with Crippen LogP contribution in [0, 0.1) is 5.41 Å². The van der Waals surface area contributed by atoms with Crippen LogP contribution in [-0.2, 0) is 11.3 Å². The van der Waals surface area contributed by atoms with E-state index in [1.54, 1.807) is 6.26 Å². The summed E-state index contributed by atoms with van der Waals surface area (Å²) < 4.78 is 5.53. The van der Waals surface area contributed by atoms with E-state index < -0.39 is 0 Å². The molecule has 1 amide bonds. The molecule has 0 unspecified atom stereocenters. The summed E-state index contributed by atoms with van der Waals surface area (Å²) in [6, 6.07) is 9.76. The van der Waals surface area contributed by atoms with Crippen molar-refractivity contribution < 1.29 is 9.21 Å². The van der Waals surface area contributed by atoms with Crippen LogP contribution in [0.25, 0.3) is 11.5 Å². The second-order valence-electron chi connectivity index (χ2n) is 7.14. The van der Waals surface area contributed by atoms with Crippen molar-refractivity contribution in [3.05, 3.63) is 42.3 Å². The van der Waals surface area contributed by atoms with Crippen LogP contribution in [0.5, 0.6) is 0 Å². The summed E-state index contributed by atoms with van der Waals surface area (Å²) in [5.74, 6) is 1.29. The van der Waals surface area contributed by atoms with E-state index in [4.69, 9.17) is 4.42 Å². The third-order valence-electron chi connectivity index (χ3n) is 3.70. The maximum absolute atomic E-state index is 11.9. The van der Waals surface area contributed by atoms with E-state index in [0.717, 1.165) is 17.8 Å². The van der Waals surface area contributed by atoms with Gasteiger partial charge in [-0.3, -0.25) is 4.79 Å². The molecule has 28 heavy (non-hydrogen) atoms. The lowest BCUT2D eigenvalue weighted by Crippen LogP contribution is -2.43. The average Bonchev–Trinajstić information content (AvgIpc) is 3.12. The lowest BCUT2D eigenvalue weighted by atomic mass is 9.96. The molecule has 0 atom stereocenters. The Hall–Kier alpha value is -2.10. The molecule has 1 aromatic heterocycles. The van der Waals surface area contributed by atoms with E-state index in [-0.39, 0.29) is 35.3 Å². The summed E-state index contributed by atoms with van der Waals surface area (Å²) in [7, 11) is 0. The van der Waals surface area contributed by atoms with Crippen LogP contribution in [0.1, 0.15) is 33.4 Å². The molecule has 8 heteroatoms. The Bertz CT molecular complexity index is 753. The molecule has 0 aliphatic carbocycles. The molecular weight excluding hydrogens is 469 g/mol. The fourth-order valence-corrected chi connectivity index (χ4v) is 2.22. The molecule has 0 aliphatic rings. The third-order valence-corrected chi connectivity index (χ3v) is 3.70. The number of carbonyl (C=O) groups is 1. The number of nitrogens with zero attached hydrogens (tertiary/aromatic N) is 2. The highest BCUT2D eigenvalue weighted by Crippen LogP contribution is 2.18. The van der Waals surface area contributed by atoms with E-state index in [2.05, 4.69) is 25.9 Å². The zero-order valence-electron chi connectivity index (χ0n) is 16.9. The average molecular weight is 499 g/mol. The Kier molecular flexibility index (Phi) is 9.98. The highest BCUT2D eigenvalue weighted by atomic mass is 127. The van der Waals surface area contributed by atoms with Crippen LogP contribution >= 0.6 is 24.0 Å². The van der Waals surface area contributed by atoms with Gasteiger partial charge in [0.2, 0.25) is 11.8 Å².